The second-order valence-corrected chi connectivity index (χ2v) is 3.31. The Labute approximate surface area is 81.6 Å². The molecule has 1 heterocycles. The first kappa shape index (κ1) is 8.63. The number of hydrogen-bond acceptors (Lipinski definition) is 3. The zero-order valence-corrected chi connectivity index (χ0v) is 8.04. The van der Waals surface area contributed by atoms with Crippen LogP contribution >= 0.6 is 11.6 Å². The molecular weight excluding hydrogens is 190 g/mol. The summed E-state index contributed by atoms with van der Waals surface area (Å²) in [5.74, 6) is 1.21. The van der Waals surface area contributed by atoms with Crippen molar-refractivity contribution in [2.24, 2.45) is 0 Å². The molecule has 3 nitrogen and oxygen atoms in total. The van der Waals surface area contributed by atoms with E-state index in [9.17, 15) is 0 Å². The number of pyridine rings is 1. The van der Waals surface area contributed by atoms with Crippen molar-refractivity contribution in [1.29, 1.82) is 0 Å². The summed E-state index contributed by atoms with van der Waals surface area (Å²) in [6.45, 7) is 0. The van der Waals surface area contributed by atoms with E-state index in [4.69, 9.17) is 21.1 Å². The van der Waals surface area contributed by atoms with Crippen molar-refractivity contribution in [3.05, 3.63) is 17.4 Å². The molecule has 1 aliphatic carbocycles. The smallest absolute Gasteiger partial charge is 0.198 e. The van der Waals surface area contributed by atoms with Gasteiger partial charge in [-0.1, -0.05) is 11.6 Å². The molecule has 1 aliphatic rings. The Bertz CT molecular complexity index is 312. The van der Waals surface area contributed by atoms with Crippen LogP contribution in [0.25, 0.3) is 0 Å². The monoisotopic (exact) mass is 199 g/mol. The molecule has 0 spiro atoms. The van der Waals surface area contributed by atoms with Crippen molar-refractivity contribution in [3.63, 3.8) is 0 Å². The topological polar surface area (TPSA) is 31.4 Å². The lowest BCUT2D eigenvalue weighted by Crippen LogP contribution is -1.99. The van der Waals surface area contributed by atoms with E-state index in [-0.39, 0.29) is 0 Å². The summed E-state index contributed by atoms with van der Waals surface area (Å²) in [7, 11) is 1.56. The van der Waals surface area contributed by atoms with Gasteiger partial charge in [0.05, 0.1) is 13.2 Å². The van der Waals surface area contributed by atoms with E-state index in [1.807, 2.05) is 0 Å². The molecule has 0 radical (unpaired) electrons. The Hall–Kier alpha value is -0.960. The van der Waals surface area contributed by atoms with Gasteiger partial charge >= 0.3 is 0 Å². The lowest BCUT2D eigenvalue weighted by atomic mass is 10.4. The van der Waals surface area contributed by atoms with Crippen LogP contribution in [0.4, 0.5) is 0 Å². The SMILES string of the molecule is COc1c(OC2CC2)ccnc1Cl. The highest BCUT2D eigenvalue weighted by Crippen LogP contribution is 2.36. The summed E-state index contributed by atoms with van der Waals surface area (Å²) in [6.07, 6.45) is 4.18. The van der Waals surface area contributed by atoms with Crippen LogP contribution in [-0.4, -0.2) is 18.2 Å². The van der Waals surface area contributed by atoms with Crippen LogP contribution in [0.15, 0.2) is 12.3 Å². The maximum Gasteiger partial charge on any atom is 0.198 e. The van der Waals surface area contributed by atoms with Crippen molar-refractivity contribution in [2.45, 2.75) is 18.9 Å². The molecule has 1 fully saturated rings. The number of aromatic nitrogens is 1. The number of ether oxygens (including phenoxy) is 2. The first-order valence-electron chi connectivity index (χ1n) is 4.16. The van der Waals surface area contributed by atoms with Crippen LogP contribution in [0, 0.1) is 0 Å². The standard InChI is InChI=1S/C9H10ClNO2/c1-12-8-7(13-6-2-3-6)4-5-11-9(8)10/h4-6H,2-3H2,1H3. The molecule has 70 valence electrons. The minimum absolute atomic E-state index is 0.340. The normalized spacial score (nSPS) is 15.5. The van der Waals surface area contributed by atoms with E-state index in [1.165, 1.54) is 0 Å². The third-order valence-corrected chi connectivity index (χ3v) is 2.12. The number of nitrogens with zero attached hydrogens (tertiary/aromatic N) is 1. The van der Waals surface area contributed by atoms with Crippen LogP contribution in [-0.2, 0) is 0 Å². The average Bonchev–Trinajstić information content (AvgIpc) is 2.89. The maximum absolute atomic E-state index is 5.82. The van der Waals surface area contributed by atoms with Gasteiger partial charge in [-0.3, -0.25) is 0 Å². The quantitative estimate of drug-likeness (QED) is 0.700. The molecule has 1 aromatic rings. The average molecular weight is 200 g/mol. The summed E-state index contributed by atoms with van der Waals surface area (Å²) in [6, 6.07) is 1.77. The molecule has 0 amide bonds. The van der Waals surface area contributed by atoms with Gasteiger partial charge < -0.3 is 9.47 Å². The van der Waals surface area contributed by atoms with Crippen molar-refractivity contribution in [1.82, 2.24) is 4.98 Å². The molecule has 0 N–H and O–H groups in total. The van der Waals surface area contributed by atoms with E-state index in [0.717, 1.165) is 12.8 Å². The Balaban J connectivity index is 2.25. The highest BCUT2D eigenvalue weighted by molar-refractivity contribution is 6.31. The number of methoxy groups -OCH3 is 1. The first-order chi connectivity index (χ1) is 6.31. The molecule has 0 saturated heterocycles. The van der Waals surface area contributed by atoms with Crippen molar-refractivity contribution in [3.8, 4) is 11.5 Å². The minimum atomic E-state index is 0.340. The molecule has 1 saturated carbocycles. The zero-order valence-electron chi connectivity index (χ0n) is 7.29. The summed E-state index contributed by atoms with van der Waals surface area (Å²) in [4.78, 5) is 3.90. The summed E-state index contributed by atoms with van der Waals surface area (Å²) in [5, 5.41) is 0.348. The third-order valence-electron chi connectivity index (χ3n) is 1.85. The summed E-state index contributed by atoms with van der Waals surface area (Å²) < 4.78 is 10.7. The van der Waals surface area contributed by atoms with Gasteiger partial charge in [0.2, 0.25) is 0 Å². The van der Waals surface area contributed by atoms with E-state index < -0.39 is 0 Å². The molecule has 0 bridgehead atoms. The fraction of sp³-hybridized carbons (Fsp3) is 0.444. The highest BCUT2D eigenvalue weighted by Gasteiger charge is 2.25. The first-order valence-corrected chi connectivity index (χ1v) is 4.54. The molecule has 2 rings (SSSR count). The molecule has 4 heteroatoms. The molecule has 1 aromatic heterocycles. The van der Waals surface area contributed by atoms with Crippen molar-refractivity contribution in [2.75, 3.05) is 7.11 Å². The Morgan fingerprint density at radius 2 is 2.31 bits per heavy atom. The number of halogens is 1. The van der Waals surface area contributed by atoms with E-state index in [2.05, 4.69) is 4.98 Å². The largest absolute Gasteiger partial charge is 0.490 e. The molecule has 13 heavy (non-hydrogen) atoms. The number of hydrogen-bond donors (Lipinski definition) is 0. The fourth-order valence-corrected chi connectivity index (χ4v) is 1.28. The Morgan fingerprint density at radius 3 is 2.92 bits per heavy atom. The Morgan fingerprint density at radius 1 is 1.54 bits per heavy atom. The maximum atomic E-state index is 5.82. The second kappa shape index (κ2) is 3.42. The summed E-state index contributed by atoms with van der Waals surface area (Å²) >= 11 is 5.82. The van der Waals surface area contributed by atoms with Gasteiger partial charge in [0.15, 0.2) is 16.7 Å². The predicted molar refractivity (Wildman–Crippen MR) is 49.4 cm³/mol. The van der Waals surface area contributed by atoms with Gasteiger partial charge in [-0.05, 0) is 12.8 Å². The van der Waals surface area contributed by atoms with Crippen LogP contribution in [0.2, 0.25) is 5.15 Å². The molecule has 0 unspecified atom stereocenters. The molecular formula is C9H10ClNO2. The molecule has 0 aliphatic heterocycles. The van der Waals surface area contributed by atoms with E-state index in [1.54, 1.807) is 19.4 Å². The van der Waals surface area contributed by atoms with Gasteiger partial charge in [0, 0.05) is 12.3 Å². The highest BCUT2D eigenvalue weighted by atomic mass is 35.5. The minimum Gasteiger partial charge on any atom is -0.490 e. The van der Waals surface area contributed by atoms with Gasteiger partial charge in [-0.2, -0.15) is 0 Å². The third kappa shape index (κ3) is 1.86. The van der Waals surface area contributed by atoms with Gasteiger partial charge in [0.25, 0.3) is 0 Å². The molecule has 0 aromatic carbocycles. The van der Waals surface area contributed by atoms with E-state index >= 15 is 0 Å². The van der Waals surface area contributed by atoms with Gasteiger partial charge in [-0.15, -0.1) is 0 Å². The number of rotatable bonds is 3. The lowest BCUT2D eigenvalue weighted by molar-refractivity contribution is 0.281. The zero-order chi connectivity index (χ0) is 9.26. The summed E-state index contributed by atoms with van der Waals surface area (Å²) in [5.41, 5.74) is 0. The van der Waals surface area contributed by atoms with Crippen LogP contribution in [0.1, 0.15) is 12.8 Å². The second-order valence-electron chi connectivity index (χ2n) is 2.95. The predicted octanol–water partition coefficient (Wildman–Crippen LogP) is 2.28. The van der Waals surface area contributed by atoms with E-state index in [0.29, 0.717) is 22.8 Å². The van der Waals surface area contributed by atoms with Crippen LogP contribution < -0.4 is 9.47 Å². The van der Waals surface area contributed by atoms with Gasteiger partial charge in [-0.25, -0.2) is 4.98 Å². The van der Waals surface area contributed by atoms with Crippen molar-refractivity contribution < 1.29 is 9.47 Å². The molecule has 0 atom stereocenters. The van der Waals surface area contributed by atoms with Crippen LogP contribution in [0.3, 0.4) is 0 Å². The van der Waals surface area contributed by atoms with Gasteiger partial charge in [0.1, 0.15) is 0 Å². The van der Waals surface area contributed by atoms with Crippen LogP contribution in [0.5, 0.6) is 11.5 Å². The van der Waals surface area contributed by atoms with Crippen molar-refractivity contribution >= 4 is 11.6 Å². The lowest BCUT2D eigenvalue weighted by Gasteiger charge is -2.09. The Kier molecular flexibility index (Phi) is 2.27. The fourth-order valence-electron chi connectivity index (χ4n) is 1.05.